The summed E-state index contributed by atoms with van der Waals surface area (Å²) in [7, 11) is 2.05. The van der Waals surface area contributed by atoms with E-state index in [9.17, 15) is 10.1 Å². The maximum absolute atomic E-state index is 12.1. The fraction of sp³-hybridized carbons (Fsp3) is 0.867. The minimum Gasteiger partial charge on any atom is -0.378 e. The Morgan fingerprint density at radius 2 is 2.20 bits per heavy atom. The first-order chi connectivity index (χ1) is 9.63. The second-order valence-corrected chi connectivity index (χ2v) is 6.07. The number of rotatable bonds is 4. The maximum Gasteiger partial charge on any atom is 0.221 e. The lowest BCUT2D eigenvalue weighted by atomic mass is 9.89. The van der Waals surface area contributed by atoms with Crippen molar-refractivity contribution in [2.75, 3.05) is 26.7 Å². The van der Waals surface area contributed by atoms with Gasteiger partial charge in [-0.25, -0.2) is 0 Å². The molecule has 2 rings (SSSR count). The van der Waals surface area contributed by atoms with Crippen molar-refractivity contribution < 1.29 is 9.53 Å². The molecule has 1 N–H and O–H groups in total. The van der Waals surface area contributed by atoms with E-state index in [1.54, 1.807) is 0 Å². The highest BCUT2D eigenvalue weighted by Gasteiger charge is 2.35. The molecule has 0 radical (unpaired) electrons. The van der Waals surface area contributed by atoms with Gasteiger partial charge in [0.2, 0.25) is 5.91 Å². The number of hydrogen-bond donors (Lipinski definition) is 1. The number of amides is 1. The SMILES string of the molecule is CN1CCC(C#N)(NC(=O)CCC2CCCCO2)CC1. The van der Waals surface area contributed by atoms with Crippen LogP contribution in [0.4, 0.5) is 0 Å². The van der Waals surface area contributed by atoms with Crippen molar-refractivity contribution in [1.29, 1.82) is 5.26 Å². The van der Waals surface area contributed by atoms with Crippen molar-refractivity contribution in [3.63, 3.8) is 0 Å². The topological polar surface area (TPSA) is 65.4 Å². The van der Waals surface area contributed by atoms with Gasteiger partial charge >= 0.3 is 0 Å². The summed E-state index contributed by atoms with van der Waals surface area (Å²) < 4.78 is 5.63. The number of nitriles is 1. The molecule has 2 aliphatic heterocycles. The molecule has 112 valence electrons. The van der Waals surface area contributed by atoms with Crippen LogP contribution in [0.1, 0.15) is 44.9 Å². The summed E-state index contributed by atoms with van der Waals surface area (Å²) in [6.07, 6.45) is 6.27. The standard InChI is InChI=1S/C15H25N3O2/c1-18-9-7-15(12-16,8-10-18)17-14(19)6-5-13-4-2-3-11-20-13/h13H,2-11H2,1H3,(H,17,19). The highest BCUT2D eigenvalue weighted by molar-refractivity contribution is 5.77. The molecule has 20 heavy (non-hydrogen) atoms. The molecule has 5 nitrogen and oxygen atoms in total. The van der Waals surface area contributed by atoms with Gasteiger partial charge in [0.05, 0.1) is 12.2 Å². The number of nitrogens with zero attached hydrogens (tertiary/aromatic N) is 2. The van der Waals surface area contributed by atoms with Crippen molar-refractivity contribution in [1.82, 2.24) is 10.2 Å². The van der Waals surface area contributed by atoms with Gasteiger partial charge in [-0.15, -0.1) is 0 Å². The van der Waals surface area contributed by atoms with E-state index in [-0.39, 0.29) is 12.0 Å². The molecule has 1 atom stereocenters. The second kappa shape index (κ2) is 7.05. The van der Waals surface area contributed by atoms with Crippen LogP contribution >= 0.6 is 0 Å². The molecular weight excluding hydrogens is 254 g/mol. The fourth-order valence-corrected chi connectivity index (χ4v) is 2.92. The third kappa shape index (κ3) is 4.19. The number of ether oxygens (including phenoxy) is 1. The van der Waals surface area contributed by atoms with Gasteiger partial charge in [-0.2, -0.15) is 5.26 Å². The Kier molecular flexibility index (Phi) is 5.38. The van der Waals surface area contributed by atoms with Gasteiger partial charge in [-0.05, 0) is 45.6 Å². The van der Waals surface area contributed by atoms with Crippen LogP contribution in [-0.4, -0.2) is 49.2 Å². The van der Waals surface area contributed by atoms with Crippen molar-refractivity contribution in [3.05, 3.63) is 0 Å². The molecule has 1 amide bonds. The first-order valence-corrected chi connectivity index (χ1v) is 7.66. The first kappa shape index (κ1) is 15.3. The van der Waals surface area contributed by atoms with Gasteiger partial charge in [0.25, 0.3) is 0 Å². The van der Waals surface area contributed by atoms with Crippen molar-refractivity contribution in [2.24, 2.45) is 0 Å². The second-order valence-electron chi connectivity index (χ2n) is 6.07. The average Bonchev–Trinajstić information content (AvgIpc) is 2.49. The van der Waals surface area contributed by atoms with E-state index in [1.807, 2.05) is 7.05 Å². The molecular formula is C15H25N3O2. The van der Waals surface area contributed by atoms with Gasteiger partial charge in [0.15, 0.2) is 0 Å². The normalized spacial score (nSPS) is 26.7. The van der Waals surface area contributed by atoms with Gasteiger partial charge in [-0.3, -0.25) is 4.79 Å². The third-order valence-corrected chi connectivity index (χ3v) is 4.40. The van der Waals surface area contributed by atoms with Crippen LogP contribution < -0.4 is 5.32 Å². The molecule has 0 aromatic heterocycles. The summed E-state index contributed by atoms with van der Waals surface area (Å²) in [5.41, 5.74) is -0.656. The molecule has 0 aromatic carbocycles. The molecule has 2 heterocycles. The largest absolute Gasteiger partial charge is 0.378 e. The highest BCUT2D eigenvalue weighted by Crippen LogP contribution is 2.22. The number of nitrogens with one attached hydrogen (secondary N) is 1. The zero-order chi connectivity index (χ0) is 14.4. The molecule has 0 aliphatic carbocycles. The van der Waals surface area contributed by atoms with Crippen LogP contribution in [0.2, 0.25) is 0 Å². The van der Waals surface area contributed by atoms with E-state index >= 15 is 0 Å². The predicted molar refractivity (Wildman–Crippen MR) is 76.0 cm³/mol. The van der Waals surface area contributed by atoms with Crippen LogP contribution in [0.25, 0.3) is 0 Å². The number of hydrogen-bond acceptors (Lipinski definition) is 4. The summed E-state index contributed by atoms with van der Waals surface area (Å²) in [6, 6.07) is 2.32. The lowest BCUT2D eigenvalue weighted by molar-refractivity contribution is -0.123. The predicted octanol–water partition coefficient (Wildman–Crippen LogP) is 1.44. The average molecular weight is 279 g/mol. The Balaban J connectivity index is 1.76. The molecule has 0 aromatic rings. The zero-order valence-electron chi connectivity index (χ0n) is 12.4. The highest BCUT2D eigenvalue weighted by atomic mass is 16.5. The Morgan fingerprint density at radius 3 is 2.80 bits per heavy atom. The fourth-order valence-electron chi connectivity index (χ4n) is 2.92. The van der Waals surface area contributed by atoms with Gasteiger partial charge in [-0.1, -0.05) is 0 Å². The Hall–Kier alpha value is -1.12. The number of piperidine rings is 1. The monoisotopic (exact) mass is 279 g/mol. The minimum absolute atomic E-state index is 0.00900. The zero-order valence-corrected chi connectivity index (χ0v) is 12.4. The number of carbonyl (C=O) groups is 1. The lowest BCUT2D eigenvalue weighted by Crippen LogP contribution is -2.53. The van der Waals surface area contributed by atoms with Crippen LogP contribution in [0, 0.1) is 11.3 Å². The Bertz CT molecular complexity index is 364. The van der Waals surface area contributed by atoms with Crippen molar-refractivity contribution >= 4 is 5.91 Å². The number of carbonyl (C=O) groups excluding carboxylic acids is 1. The van der Waals surface area contributed by atoms with E-state index in [4.69, 9.17) is 4.74 Å². The molecule has 2 aliphatic rings. The third-order valence-electron chi connectivity index (χ3n) is 4.40. The summed E-state index contributed by atoms with van der Waals surface area (Å²) in [5.74, 6) is -0.00900. The number of likely N-dealkylation sites (tertiary alicyclic amines) is 1. The van der Waals surface area contributed by atoms with E-state index < -0.39 is 5.54 Å². The minimum atomic E-state index is -0.656. The molecule has 2 fully saturated rings. The summed E-state index contributed by atoms with van der Waals surface area (Å²) >= 11 is 0. The summed E-state index contributed by atoms with van der Waals surface area (Å²) in [5, 5.41) is 12.3. The Morgan fingerprint density at radius 1 is 1.45 bits per heavy atom. The smallest absolute Gasteiger partial charge is 0.221 e. The Labute approximate surface area is 121 Å². The van der Waals surface area contributed by atoms with E-state index in [0.717, 1.165) is 39.0 Å². The molecule has 0 spiro atoms. The lowest BCUT2D eigenvalue weighted by Gasteiger charge is -2.36. The molecule has 0 bridgehead atoms. The van der Waals surface area contributed by atoms with Gasteiger partial charge < -0.3 is 15.0 Å². The van der Waals surface area contributed by atoms with E-state index in [0.29, 0.717) is 19.3 Å². The van der Waals surface area contributed by atoms with Crippen molar-refractivity contribution in [3.8, 4) is 6.07 Å². The summed E-state index contributed by atoms with van der Waals surface area (Å²) in [4.78, 5) is 14.3. The van der Waals surface area contributed by atoms with Gasteiger partial charge in [0, 0.05) is 26.1 Å². The molecule has 0 saturated carbocycles. The van der Waals surface area contributed by atoms with Crippen LogP contribution in [-0.2, 0) is 9.53 Å². The van der Waals surface area contributed by atoms with Gasteiger partial charge in [0.1, 0.15) is 5.54 Å². The quantitative estimate of drug-likeness (QED) is 0.845. The molecule has 5 heteroatoms. The van der Waals surface area contributed by atoms with E-state index in [1.165, 1.54) is 6.42 Å². The van der Waals surface area contributed by atoms with E-state index in [2.05, 4.69) is 16.3 Å². The van der Waals surface area contributed by atoms with Crippen molar-refractivity contribution in [2.45, 2.75) is 56.6 Å². The molecule has 1 unspecified atom stereocenters. The van der Waals surface area contributed by atoms with Crippen LogP contribution in [0.15, 0.2) is 0 Å². The molecule has 2 saturated heterocycles. The van der Waals surface area contributed by atoms with Crippen LogP contribution in [0.3, 0.4) is 0 Å². The first-order valence-electron chi connectivity index (χ1n) is 7.66. The summed E-state index contributed by atoms with van der Waals surface area (Å²) in [6.45, 7) is 2.54. The maximum atomic E-state index is 12.1. The van der Waals surface area contributed by atoms with Crippen LogP contribution in [0.5, 0.6) is 0 Å².